The van der Waals surface area contributed by atoms with E-state index in [2.05, 4.69) is 35.5 Å². The summed E-state index contributed by atoms with van der Waals surface area (Å²) >= 11 is 0. The fraction of sp³-hybridized carbons (Fsp3) is 0. The summed E-state index contributed by atoms with van der Waals surface area (Å²) in [4.78, 5) is 33.6. The van der Waals surface area contributed by atoms with E-state index in [0.717, 1.165) is 16.6 Å². The van der Waals surface area contributed by atoms with Gasteiger partial charge in [-0.3, -0.25) is 14.9 Å². The molecule has 3 N–H and O–H groups in total. The summed E-state index contributed by atoms with van der Waals surface area (Å²) < 4.78 is 0. The zero-order valence-electron chi connectivity index (χ0n) is 17.1. The smallest absolute Gasteiger partial charge is 0.255 e. The number of rotatable bonds is 4. The van der Waals surface area contributed by atoms with Crippen molar-refractivity contribution < 1.29 is 4.79 Å². The van der Waals surface area contributed by atoms with Crippen LogP contribution in [0.5, 0.6) is 0 Å². The van der Waals surface area contributed by atoms with Crippen molar-refractivity contribution in [1.29, 1.82) is 0 Å². The molecular formula is C24H16N8O. The van der Waals surface area contributed by atoms with Gasteiger partial charge < -0.3 is 10.3 Å². The number of benzene rings is 1. The predicted octanol–water partition coefficient (Wildman–Crippen LogP) is 4.21. The summed E-state index contributed by atoms with van der Waals surface area (Å²) in [7, 11) is 0. The summed E-state index contributed by atoms with van der Waals surface area (Å²) in [6.07, 6.45) is 5.02. The van der Waals surface area contributed by atoms with Gasteiger partial charge in [-0.1, -0.05) is 18.2 Å². The lowest BCUT2D eigenvalue weighted by atomic mass is 10.1. The van der Waals surface area contributed by atoms with Gasteiger partial charge in [-0.05, 0) is 42.5 Å². The second-order valence-corrected chi connectivity index (χ2v) is 7.40. The zero-order chi connectivity index (χ0) is 22.2. The van der Waals surface area contributed by atoms with Crippen LogP contribution in [0.15, 0.2) is 79.3 Å². The highest BCUT2D eigenvalue weighted by atomic mass is 16.1. The molecule has 1 aromatic carbocycles. The average Bonchev–Trinajstić information content (AvgIpc) is 3.48. The Kier molecular flexibility index (Phi) is 4.36. The van der Waals surface area contributed by atoms with Crippen LogP contribution in [-0.2, 0) is 0 Å². The van der Waals surface area contributed by atoms with E-state index in [1.165, 1.54) is 0 Å². The van der Waals surface area contributed by atoms with Gasteiger partial charge in [0.15, 0.2) is 17.2 Å². The summed E-state index contributed by atoms with van der Waals surface area (Å²) in [6, 6.07) is 18.4. The average molecular weight is 432 g/mol. The van der Waals surface area contributed by atoms with Gasteiger partial charge >= 0.3 is 0 Å². The molecule has 0 unspecified atom stereocenters. The van der Waals surface area contributed by atoms with Gasteiger partial charge in [-0.25, -0.2) is 15.0 Å². The molecule has 6 aromatic rings. The summed E-state index contributed by atoms with van der Waals surface area (Å²) in [5.41, 5.74) is 6.12. The second-order valence-electron chi connectivity index (χ2n) is 7.40. The van der Waals surface area contributed by atoms with Crippen LogP contribution in [-0.4, -0.2) is 41.0 Å². The number of hydrogen-bond acceptors (Lipinski definition) is 6. The molecule has 33 heavy (non-hydrogen) atoms. The molecule has 5 aromatic heterocycles. The third kappa shape index (κ3) is 3.47. The van der Waals surface area contributed by atoms with Crippen LogP contribution in [0.4, 0.5) is 5.69 Å². The van der Waals surface area contributed by atoms with Crippen LogP contribution in [0.25, 0.3) is 45.0 Å². The zero-order valence-corrected chi connectivity index (χ0v) is 17.1. The first-order valence-corrected chi connectivity index (χ1v) is 10.2. The van der Waals surface area contributed by atoms with Crippen LogP contribution in [0, 0.1) is 0 Å². The lowest BCUT2D eigenvalue weighted by molar-refractivity contribution is 0.102. The lowest BCUT2D eigenvalue weighted by Gasteiger charge is -2.07. The first-order valence-electron chi connectivity index (χ1n) is 10.2. The van der Waals surface area contributed by atoms with E-state index in [0.29, 0.717) is 39.6 Å². The third-order valence-corrected chi connectivity index (χ3v) is 5.22. The number of imidazole rings is 1. The molecule has 0 aliphatic rings. The molecule has 0 saturated heterocycles. The van der Waals surface area contributed by atoms with Crippen molar-refractivity contribution in [1.82, 2.24) is 35.1 Å². The van der Waals surface area contributed by atoms with E-state index in [9.17, 15) is 4.79 Å². The lowest BCUT2D eigenvalue weighted by Crippen LogP contribution is -2.11. The van der Waals surface area contributed by atoms with E-state index in [1.807, 2.05) is 48.5 Å². The topological polar surface area (TPSA) is 125 Å². The molecule has 0 atom stereocenters. The van der Waals surface area contributed by atoms with Gasteiger partial charge in [-0.2, -0.15) is 5.10 Å². The number of aromatic amines is 2. The predicted molar refractivity (Wildman–Crippen MR) is 124 cm³/mol. The van der Waals surface area contributed by atoms with E-state index in [4.69, 9.17) is 4.98 Å². The van der Waals surface area contributed by atoms with Crippen LogP contribution in [0.2, 0.25) is 0 Å². The molecule has 9 heteroatoms. The fourth-order valence-corrected chi connectivity index (χ4v) is 3.62. The number of carbonyl (C=O) groups excluding carboxylic acids is 1. The summed E-state index contributed by atoms with van der Waals surface area (Å²) in [5.74, 6) is 0.384. The number of amides is 1. The fourth-order valence-electron chi connectivity index (χ4n) is 3.62. The number of H-pyrrole nitrogens is 2. The van der Waals surface area contributed by atoms with Crippen LogP contribution in [0.1, 0.15) is 10.4 Å². The third-order valence-electron chi connectivity index (χ3n) is 5.22. The molecular weight excluding hydrogens is 416 g/mol. The molecule has 0 aliphatic carbocycles. The number of aromatic nitrogens is 7. The minimum atomic E-state index is -0.200. The Balaban J connectivity index is 1.36. The van der Waals surface area contributed by atoms with Crippen molar-refractivity contribution in [2.45, 2.75) is 0 Å². The monoisotopic (exact) mass is 432 g/mol. The van der Waals surface area contributed by atoms with Crippen LogP contribution < -0.4 is 5.32 Å². The maximum absolute atomic E-state index is 12.5. The quantitative estimate of drug-likeness (QED) is 0.383. The number of nitrogens with one attached hydrogen (secondary N) is 3. The molecule has 0 bridgehead atoms. The molecule has 9 nitrogen and oxygen atoms in total. The number of carbonyl (C=O) groups is 1. The molecule has 0 fully saturated rings. The number of nitrogens with zero attached hydrogens (tertiary/aromatic N) is 5. The number of hydrogen-bond donors (Lipinski definition) is 3. The molecule has 0 saturated carbocycles. The van der Waals surface area contributed by atoms with Crippen LogP contribution in [0.3, 0.4) is 0 Å². The SMILES string of the molecule is O=C(Nc1cncc(-c2ccc3[nH]nc(-c4nc5cccnc5[nH]4)c3n2)c1)c1ccccc1. The molecule has 0 spiro atoms. The minimum Gasteiger partial charge on any atom is -0.321 e. The Morgan fingerprint density at radius 3 is 2.73 bits per heavy atom. The first kappa shape index (κ1) is 18.8. The highest BCUT2D eigenvalue weighted by Gasteiger charge is 2.15. The Bertz CT molecular complexity index is 1590. The Labute approximate surface area is 187 Å². The van der Waals surface area contributed by atoms with Gasteiger partial charge in [-0.15, -0.1) is 0 Å². The highest BCUT2D eigenvalue weighted by Crippen LogP contribution is 2.28. The van der Waals surface area contributed by atoms with E-state index in [1.54, 1.807) is 30.7 Å². The maximum Gasteiger partial charge on any atom is 0.255 e. The van der Waals surface area contributed by atoms with Gasteiger partial charge in [0.25, 0.3) is 5.91 Å². The summed E-state index contributed by atoms with van der Waals surface area (Å²) in [5, 5.41) is 10.3. The highest BCUT2D eigenvalue weighted by molar-refractivity contribution is 6.04. The van der Waals surface area contributed by atoms with Gasteiger partial charge in [0.2, 0.25) is 0 Å². The van der Waals surface area contributed by atoms with Crippen LogP contribution >= 0.6 is 0 Å². The molecule has 0 aliphatic heterocycles. The summed E-state index contributed by atoms with van der Waals surface area (Å²) in [6.45, 7) is 0. The largest absolute Gasteiger partial charge is 0.321 e. The Morgan fingerprint density at radius 2 is 1.85 bits per heavy atom. The van der Waals surface area contributed by atoms with E-state index in [-0.39, 0.29) is 5.91 Å². The second kappa shape index (κ2) is 7.65. The molecule has 0 radical (unpaired) electrons. The van der Waals surface area contributed by atoms with E-state index >= 15 is 0 Å². The molecule has 6 rings (SSSR count). The van der Waals surface area contributed by atoms with Crippen molar-refractivity contribution in [3.8, 4) is 22.8 Å². The molecule has 158 valence electrons. The molecule has 1 amide bonds. The number of anilines is 1. The number of pyridine rings is 3. The minimum absolute atomic E-state index is 0.200. The maximum atomic E-state index is 12.5. The normalized spacial score (nSPS) is 11.2. The standard InChI is InChI=1S/C24H16N8O/c33-24(14-5-2-1-3-6-14)27-16-11-15(12-25-13-16)17-8-9-18-20(28-17)21(32-31-18)23-29-19-7-4-10-26-22(19)30-23/h1-13H,(H,27,33)(H,31,32)(H,26,29,30). The van der Waals surface area contributed by atoms with Crippen molar-refractivity contribution in [3.63, 3.8) is 0 Å². The first-order chi connectivity index (χ1) is 16.2. The van der Waals surface area contributed by atoms with Gasteiger partial charge in [0.1, 0.15) is 11.0 Å². The van der Waals surface area contributed by atoms with Crippen molar-refractivity contribution in [2.24, 2.45) is 0 Å². The Morgan fingerprint density at radius 1 is 0.939 bits per heavy atom. The number of fused-ring (bicyclic) bond motifs is 2. The molecule has 5 heterocycles. The van der Waals surface area contributed by atoms with Crippen molar-refractivity contribution in [2.75, 3.05) is 5.32 Å². The van der Waals surface area contributed by atoms with Gasteiger partial charge in [0, 0.05) is 23.5 Å². The Hall–Kier alpha value is -4.92. The van der Waals surface area contributed by atoms with Crippen molar-refractivity contribution in [3.05, 3.63) is 84.8 Å². The van der Waals surface area contributed by atoms with Crippen molar-refractivity contribution >= 4 is 33.8 Å². The van der Waals surface area contributed by atoms with Gasteiger partial charge in [0.05, 0.1) is 23.1 Å². The van der Waals surface area contributed by atoms with E-state index < -0.39 is 0 Å².